The van der Waals surface area contributed by atoms with Crippen molar-refractivity contribution in [2.75, 3.05) is 6.54 Å². The van der Waals surface area contributed by atoms with Crippen molar-refractivity contribution in [3.63, 3.8) is 0 Å². The smallest absolute Gasteiger partial charge is 0.335 e. The van der Waals surface area contributed by atoms with Gasteiger partial charge < -0.3 is 19.5 Å². The van der Waals surface area contributed by atoms with Crippen molar-refractivity contribution < 1.29 is 19.2 Å². The van der Waals surface area contributed by atoms with E-state index in [2.05, 4.69) is 10.5 Å². The summed E-state index contributed by atoms with van der Waals surface area (Å²) in [4.78, 5) is 37.6. The highest BCUT2D eigenvalue weighted by molar-refractivity contribution is 6.06. The Morgan fingerprint density at radius 2 is 1.94 bits per heavy atom. The molecule has 0 radical (unpaired) electrons. The number of hydrogen-bond donors (Lipinski definition) is 2. The second-order valence-corrected chi connectivity index (χ2v) is 8.94. The summed E-state index contributed by atoms with van der Waals surface area (Å²) in [5.41, 5.74) is 1.61. The third-order valence-electron chi connectivity index (χ3n) is 6.76. The average molecular weight is 460 g/mol. The predicted octanol–water partition coefficient (Wildman–Crippen LogP) is 4.31. The number of aryl methyl sites for hydroxylation is 1. The molecule has 174 valence electrons. The van der Waals surface area contributed by atoms with Crippen LogP contribution in [0.15, 0.2) is 57.8 Å². The molecule has 1 fully saturated rings. The Labute approximate surface area is 195 Å². The van der Waals surface area contributed by atoms with Crippen LogP contribution in [0.3, 0.4) is 0 Å². The number of carboxylic acids is 1. The van der Waals surface area contributed by atoms with Gasteiger partial charge >= 0.3 is 5.97 Å². The fourth-order valence-corrected chi connectivity index (χ4v) is 5.08. The van der Waals surface area contributed by atoms with Gasteiger partial charge in [0.25, 0.3) is 11.5 Å². The van der Waals surface area contributed by atoms with E-state index in [9.17, 15) is 19.5 Å². The van der Waals surface area contributed by atoms with Gasteiger partial charge in [-0.05, 0) is 62.4 Å². The van der Waals surface area contributed by atoms with Crippen molar-refractivity contribution in [2.45, 2.75) is 38.6 Å². The van der Waals surface area contributed by atoms with E-state index in [4.69, 9.17) is 4.52 Å². The highest BCUT2D eigenvalue weighted by Gasteiger charge is 2.28. The summed E-state index contributed by atoms with van der Waals surface area (Å²) in [6.07, 6.45) is 3.46. The van der Waals surface area contributed by atoms with Crippen molar-refractivity contribution in [2.24, 2.45) is 5.92 Å². The second-order valence-electron chi connectivity index (χ2n) is 8.94. The third-order valence-corrected chi connectivity index (χ3v) is 6.76. The highest BCUT2D eigenvalue weighted by Crippen LogP contribution is 2.35. The van der Waals surface area contributed by atoms with Crippen LogP contribution in [0.5, 0.6) is 0 Å². The first-order valence-corrected chi connectivity index (χ1v) is 11.4. The summed E-state index contributed by atoms with van der Waals surface area (Å²) in [5.74, 6) is -0.502. The van der Waals surface area contributed by atoms with Crippen LogP contribution in [0.2, 0.25) is 0 Å². The molecule has 0 aliphatic heterocycles. The zero-order valence-electron chi connectivity index (χ0n) is 18.8. The number of amides is 1. The van der Waals surface area contributed by atoms with Gasteiger partial charge in [-0.2, -0.15) is 0 Å². The minimum absolute atomic E-state index is 0.0724. The predicted molar refractivity (Wildman–Crippen MR) is 127 cm³/mol. The lowest BCUT2D eigenvalue weighted by Crippen LogP contribution is -2.34. The maximum Gasteiger partial charge on any atom is 0.335 e. The number of aromatic carboxylic acids is 1. The van der Waals surface area contributed by atoms with E-state index in [0.29, 0.717) is 39.7 Å². The van der Waals surface area contributed by atoms with Gasteiger partial charge in [0.1, 0.15) is 16.7 Å². The first-order chi connectivity index (χ1) is 16.4. The maximum absolute atomic E-state index is 13.6. The number of benzene rings is 2. The summed E-state index contributed by atoms with van der Waals surface area (Å²) in [6, 6.07) is 13.8. The minimum atomic E-state index is -1.04. The number of carboxylic acid groups (broad SMARTS) is 1. The molecule has 2 unspecified atom stereocenters. The van der Waals surface area contributed by atoms with Crippen LogP contribution in [0.1, 0.15) is 58.2 Å². The van der Waals surface area contributed by atoms with Gasteiger partial charge in [-0.25, -0.2) is 4.79 Å². The Morgan fingerprint density at radius 3 is 2.71 bits per heavy atom. The zero-order valence-corrected chi connectivity index (χ0v) is 18.8. The summed E-state index contributed by atoms with van der Waals surface area (Å²) < 4.78 is 7.09. The molecule has 34 heavy (non-hydrogen) atoms. The molecule has 0 spiro atoms. The Kier molecular flexibility index (Phi) is 5.65. The summed E-state index contributed by atoms with van der Waals surface area (Å²) >= 11 is 0. The topological polar surface area (TPSA) is 114 Å². The Morgan fingerprint density at radius 1 is 1.15 bits per heavy atom. The van der Waals surface area contributed by atoms with Gasteiger partial charge in [-0.1, -0.05) is 29.8 Å². The molecule has 8 heteroatoms. The monoisotopic (exact) mass is 459 g/mol. The van der Waals surface area contributed by atoms with Crippen LogP contribution in [0.25, 0.3) is 21.8 Å². The molecule has 2 aromatic carbocycles. The number of nitrogens with zero attached hydrogens (tertiary/aromatic N) is 2. The third kappa shape index (κ3) is 3.85. The fourth-order valence-electron chi connectivity index (χ4n) is 5.08. The molecule has 2 aromatic heterocycles. The largest absolute Gasteiger partial charge is 0.478 e. The lowest BCUT2D eigenvalue weighted by Gasteiger charge is -2.31. The molecule has 0 bridgehead atoms. The van der Waals surface area contributed by atoms with Gasteiger partial charge in [-0.3, -0.25) is 9.59 Å². The molecule has 5 rings (SSSR count). The molecule has 4 aromatic rings. The zero-order chi connectivity index (χ0) is 23.8. The molecule has 0 saturated heterocycles. The fraction of sp³-hybridized carbons (Fsp3) is 0.308. The van der Waals surface area contributed by atoms with Crippen LogP contribution in [0, 0.1) is 12.8 Å². The Hall–Kier alpha value is -3.94. The van der Waals surface area contributed by atoms with Crippen LogP contribution in [-0.4, -0.2) is 33.3 Å². The van der Waals surface area contributed by atoms with Crippen molar-refractivity contribution >= 4 is 33.7 Å². The quantitative estimate of drug-likeness (QED) is 0.460. The van der Waals surface area contributed by atoms with E-state index < -0.39 is 5.97 Å². The number of pyridine rings is 1. The van der Waals surface area contributed by atoms with Gasteiger partial charge in [0.05, 0.1) is 11.1 Å². The van der Waals surface area contributed by atoms with Crippen molar-refractivity contribution in [3.05, 3.63) is 75.8 Å². The standard InChI is InChI=1S/C26H25N3O5/c1-15-22-23(28-34-15)20-13-18(26(32)33)10-11-21(20)29(25(22)31)19-9-5-6-16(12-19)14-27-24(30)17-7-3-2-4-8-17/h2-4,7-8,10-11,13,16,19H,5-6,9,12,14H2,1H3,(H,27,30)(H,32,33). The van der Waals surface area contributed by atoms with Crippen molar-refractivity contribution in [3.8, 4) is 0 Å². The number of carbonyl (C=O) groups is 2. The second kappa shape index (κ2) is 8.78. The Balaban J connectivity index is 1.48. The first kappa shape index (κ1) is 21.9. The van der Waals surface area contributed by atoms with Gasteiger partial charge in [0.2, 0.25) is 0 Å². The van der Waals surface area contributed by atoms with E-state index in [-0.39, 0.29) is 29.0 Å². The molecule has 2 heterocycles. The molecule has 8 nitrogen and oxygen atoms in total. The molecule has 2 atom stereocenters. The van der Waals surface area contributed by atoms with E-state index in [1.54, 1.807) is 35.8 Å². The summed E-state index contributed by atoms with van der Waals surface area (Å²) in [5, 5.41) is 17.5. The van der Waals surface area contributed by atoms with Crippen molar-refractivity contribution in [1.82, 2.24) is 15.0 Å². The highest BCUT2D eigenvalue weighted by atomic mass is 16.5. The number of nitrogens with one attached hydrogen (secondary N) is 1. The lowest BCUT2D eigenvalue weighted by molar-refractivity contribution is 0.0696. The molecule has 1 saturated carbocycles. The van der Waals surface area contributed by atoms with Crippen molar-refractivity contribution in [1.29, 1.82) is 0 Å². The number of rotatable bonds is 5. The summed E-state index contributed by atoms with van der Waals surface area (Å²) in [6.45, 7) is 2.23. The molecular formula is C26H25N3O5. The van der Waals surface area contributed by atoms with Gasteiger partial charge in [0.15, 0.2) is 0 Å². The van der Waals surface area contributed by atoms with E-state index in [0.717, 1.165) is 25.7 Å². The van der Waals surface area contributed by atoms with E-state index >= 15 is 0 Å². The van der Waals surface area contributed by atoms with Gasteiger partial charge in [-0.15, -0.1) is 0 Å². The van der Waals surface area contributed by atoms with Gasteiger partial charge in [0, 0.05) is 23.5 Å². The summed E-state index contributed by atoms with van der Waals surface area (Å²) in [7, 11) is 0. The molecule has 1 aliphatic carbocycles. The minimum Gasteiger partial charge on any atom is -0.478 e. The molecule has 2 N–H and O–H groups in total. The Bertz CT molecular complexity index is 1450. The van der Waals surface area contributed by atoms with Crippen LogP contribution in [-0.2, 0) is 0 Å². The number of carbonyl (C=O) groups excluding carboxylic acids is 1. The number of aromatic nitrogens is 2. The van der Waals surface area contributed by atoms with E-state index in [1.807, 2.05) is 18.2 Å². The normalized spacial score (nSPS) is 18.3. The van der Waals surface area contributed by atoms with Crippen LogP contribution >= 0.6 is 0 Å². The average Bonchev–Trinajstić information content (AvgIpc) is 3.25. The number of hydrogen-bond acceptors (Lipinski definition) is 5. The lowest BCUT2D eigenvalue weighted by atomic mass is 9.85. The molecular weight excluding hydrogens is 434 g/mol. The van der Waals surface area contributed by atoms with Crippen LogP contribution < -0.4 is 10.9 Å². The molecule has 1 amide bonds. The SMILES string of the molecule is Cc1onc2c1c(=O)n(C1CCCC(CNC(=O)c3ccccc3)C1)c1ccc(C(=O)O)cc21. The molecule has 1 aliphatic rings. The maximum atomic E-state index is 13.6. The van der Waals surface area contributed by atoms with Crippen LogP contribution in [0.4, 0.5) is 0 Å². The number of fused-ring (bicyclic) bond motifs is 3. The first-order valence-electron chi connectivity index (χ1n) is 11.4. The van der Waals surface area contributed by atoms with E-state index in [1.165, 1.54) is 6.07 Å².